The lowest BCUT2D eigenvalue weighted by Gasteiger charge is -2.31. The predicted octanol–water partition coefficient (Wildman–Crippen LogP) is 6.23. The fourth-order valence-electron chi connectivity index (χ4n) is 5.13. The number of rotatable bonds is 12. The lowest BCUT2D eigenvalue weighted by atomic mass is 9.80. The molecular formula is C32H32Cl2N2O4. The molecule has 4 rings (SSSR count). The summed E-state index contributed by atoms with van der Waals surface area (Å²) in [4.78, 5) is 26.4. The van der Waals surface area contributed by atoms with Gasteiger partial charge < -0.3 is 20.5 Å². The summed E-state index contributed by atoms with van der Waals surface area (Å²) >= 11 is 12.1. The lowest BCUT2D eigenvalue weighted by Crippen LogP contribution is -2.38. The van der Waals surface area contributed by atoms with E-state index in [1.54, 1.807) is 31.2 Å². The molecule has 0 saturated heterocycles. The van der Waals surface area contributed by atoms with Crippen LogP contribution in [0.4, 0.5) is 0 Å². The van der Waals surface area contributed by atoms with E-state index < -0.39 is 11.9 Å². The number of aliphatic carboxylic acids is 1. The van der Waals surface area contributed by atoms with Crippen molar-refractivity contribution in [3.8, 4) is 0 Å². The van der Waals surface area contributed by atoms with E-state index in [2.05, 4.69) is 34.9 Å². The van der Waals surface area contributed by atoms with Gasteiger partial charge in [-0.2, -0.15) is 0 Å². The van der Waals surface area contributed by atoms with Crippen molar-refractivity contribution in [1.29, 1.82) is 0 Å². The second-order valence-electron chi connectivity index (χ2n) is 9.51. The molecule has 0 bridgehead atoms. The fraction of sp³-hybridized carbons (Fsp3) is 0.250. The third kappa shape index (κ3) is 7.13. The molecule has 0 aliphatic carbocycles. The first-order chi connectivity index (χ1) is 19.4. The monoisotopic (exact) mass is 578 g/mol. The lowest BCUT2D eigenvalue weighted by molar-refractivity contribution is -0.133. The normalized spacial score (nSPS) is 15.2. The fourth-order valence-corrected chi connectivity index (χ4v) is 5.44. The minimum atomic E-state index is -1.12. The number of carbonyl (C=O) groups is 2. The molecule has 3 aromatic carbocycles. The van der Waals surface area contributed by atoms with Gasteiger partial charge in [0.1, 0.15) is 0 Å². The average molecular weight is 580 g/mol. The molecule has 40 heavy (non-hydrogen) atoms. The van der Waals surface area contributed by atoms with Crippen molar-refractivity contribution in [2.24, 2.45) is 0 Å². The number of ether oxygens (including phenoxy) is 1. The van der Waals surface area contributed by atoms with E-state index >= 15 is 0 Å². The molecule has 1 amide bonds. The Hall–Kier alpha value is -3.58. The number of hydrogen-bond acceptors (Lipinski definition) is 4. The van der Waals surface area contributed by atoms with Gasteiger partial charge in [-0.3, -0.25) is 4.79 Å². The Morgan fingerprint density at radius 3 is 2.20 bits per heavy atom. The Morgan fingerprint density at radius 1 is 0.975 bits per heavy atom. The van der Waals surface area contributed by atoms with Gasteiger partial charge in [-0.05, 0) is 42.2 Å². The van der Waals surface area contributed by atoms with Crippen molar-refractivity contribution in [2.45, 2.75) is 25.2 Å². The molecule has 1 heterocycles. The van der Waals surface area contributed by atoms with E-state index in [0.29, 0.717) is 40.8 Å². The van der Waals surface area contributed by atoms with Gasteiger partial charge in [-0.25, -0.2) is 4.79 Å². The Morgan fingerprint density at radius 2 is 1.62 bits per heavy atom. The highest BCUT2D eigenvalue weighted by molar-refractivity contribution is 6.30. The van der Waals surface area contributed by atoms with Crippen LogP contribution < -0.4 is 10.6 Å². The summed E-state index contributed by atoms with van der Waals surface area (Å²) < 4.78 is 5.68. The average Bonchev–Trinajstić information content (AvgIpc) is 2.95. The summed E-state index contributed by atoms with van der Waals surface area (Å²) in [7, 11) is 0. The summed E-state index contributed by atoms with van der Waals surface area (Å²) in [6, 6.07) is 27.3. The van der Waals surface area contributed by atoms with E-state index in [0.717, 1.165) is 11.1 Å². The number of alkyl halides is 1. The number of carboxylic acids is 1. The molecule has 1 atom stereocenters. The predicted molar refractivity (Wildman–Crippen MR) is 159 cm³/mol. The van der Waals surface area contributed by atoms with Crippen LogP contribution in [0.3, 0.4) is 0 Å². The third-order valence-electron chi connectivity index (χ3n) is 6.89. The van der Waals surface area contributed by atoms with E-state index in [1.165, 1.54) is 0 Å². The first kappa shape index (κ1) is 29.4. The van der Waals surface area contributed by atoms with Gasteiger partial charge >= 0.3 is 5.97 Å². The van der Waals surface area contributed by atoms with Crippen LogP contribution in [-0.4, -0.2) is 42.6 Å². The molecule has 6 nitrogen and oxygen atoms in total. The molecule has 3 N–H and O–H groups in total. The number of benzene rings is 3. The number of amides is 1. The highest BCUT2D eigenvalue weighted by atomic mass is 35.5. The molecule has 0 saturated carbocycles. The summed E-state index contributed by atoms with van der Waals surface area (Å²) in [5.74, 6) is -1.95. The van der Waals surface area contributed by atoms with Crippen molar-refractivity contribution in [3.05, 3.63) is 129 Å². The Labute approximate surface area is 244 Å². The van der Waals surface area contributed by atoms with Crippen molar-refractivity contribution < 1.29 is 19.4 Å². The number of hydrogen-bond donors (Lipinski definition) is 3. The second kappa shape index (κ2) is 14.2. The van der Waals surface area contributed by atoms with Gasteiger partial charge in [0.25, 0.3) is 0 Å². The highest BCUT2D eigenvalue weighted by Crippen LogP contribution is 2.39. The van der Waals surface area contributed by atoms with Crippen LogP contribution in [0.2, 0.25) is 5.02 Å². The maximum Gasteiger partial charge on any atom is 0.334 e. The second-order valence-corrected chi connectivity index (χ2v) is 10.3. The van der Waals surface area contributed by atoms with Crippen molar-refractivity contribution in [2.75, 3.05) is 25.6 Å². The molecule has 1 aliphatic rings. The van der Waals surface area contributed by atoms with Crippen LogP contribution in [-0.2, 0) is 14.3 Å². The number of carboxylic acid groups (broad SMARTS) is 1. The maximum absolute atomic E-state index is 13.9. The van der Waals surface area contributed by atoms with Crippen molar-refractivity contribution in [3.63, 3.8) is 0 Å². The van der Waals surface area contributed by atoms with Gasteiger partial charge in [0.05, 0.1) is 36.0 Å². The van der Waals surface area contributed by atoms with Crippen LogP contribution >= 0.6 is 23.2 Å². The van der Waals surface area contributed by atoms with Gasteiger partial charge in [0.2, 0.25) is 5.91 Å². The molecule has 0 radical (unpaired) electrons. The summed E-state index contributed by atoms with van der Waals surface area (Å²) in [6.07, 6.45) is 0.654. The Balaban J connectivity index is 1.65. The number of nitrogens with one attached hydrogen (secondary N) is 2. The van der Waals surface area contributed by atoms with E-state index in [1.807, 2.05) is 36.4 Å². The quantitative estimate of drug-likeness (QED) is 0.175. The van der Waals surface area contributed by atoms with E-state index in [9.17, 15) is 14.7 Å². The standard InChI is InChI=1S/C32H32Cl2N2O4/c1-21-28(32(38)39)29(24-13-8-14-25(34)19-24)30(27(36-21)20-40-18-16-33)31(37)35-17-15-26(22-9-4-2-5-10-22)23-11-6-3-7-12-23/h2-14,19,26,29,36H,15-18,20H2,1H3,(H,35,37)(H,38,39). The van der Waals surface area contributed by atoms with Gasteiger partial charge in [-0.15, -0.1) is 11.6 Å². The summed E-state index contributed by atoms with van der Waals surface area (Å²) in [6.45, 7) is 2.42. The van der Waals surface area contributed by atoms with Gasteiger partial charge in [0, 0.05) is 29.1 Å². The zero-order chi connectivity index (χ0) is 28.5. The SMILES string of the molecule is CC1=C(C(=O)O)C(c2cccc(Cl)c2)C(C(=O)NCCC(c2ccccc2)c2ccccc2)=C(COCCCl)N1. The largest absolute Gasteiger partial charge is 0.478 e. The molecule has 3 aromatic rings. The molecular weight excluding hydrogens is 547 g/mol. The van der Waals surface area contributed by atoms with Crippen LogP contribution in [0.5, 0.6) is 0 Å². The number of carbonyl (C=O) groups excluding carboxylic acids is 1. The number of dihydropyridines is 1. The molecule has 0 fully saturated rings. The zero-order valence-corrected chi connectivity index (χ0v) is 23.7. The highest BCUT2D eigenvalue weighted by Gasteiger charge is 2.37. The van der Waals surface area contributed by atoms with Crippen LogP contribution in [0.1, 0.15) is 41.9 Å². The summed E-state index contributed by atoms with van der Waals surface area (Å²) in [5.41, 5.74) is 4.22. The zero-order valence-electron chi connectivity index (χ0n) is 22.2. The molecule has 1 unspecified atom stereocenters. The van der Waals surface area contributed by atoms with Gasteiger partial charge in [0.15, 0.2) is 0 Å². The molecule has 0 aromatic heterocycles. The number of allylic oxidation sites excluding steroid dienone is 1. The smallest absolute Gasteiger partial charge is 0.334 e. The van der Waals surface area contributed by atoms with Crippen LogP contribution in [0.15, 0.2) is 107 Å². The summed E-state index contributed by atoms with van der Waals surface area (Å²) in [5, 5.41) is 16.8. The maximum atomic E-state index is 13.9. The first-order valence-electron chi connectivity index (χ1n) is 13.1. The topological polar surface area (TPSA) is 87.7 Å². The van der Waals surface area contributed by atoms with Crippen molar-refractivity contribution in [1.82, 2.24) is 10.6 Å². The molecule has 1 aliphatic heterocycles. The minimum Gasteiger partial charge on any atom is -0.478 e. The van der Waals surface area contributed by atoms with Crippen LogP contribution in [0, 0.1) is 0 Å². The Kier molecular flexibility index (Phi) is 10.4. The van der Waals surface area contributed by atoms with E-state index in [4.69, 9.17) is 27.9 Å². The van der Waals surface area contributed by atoms with Crippen molar-refractivity contribution >= 4 is 35.1 Å². The molecule has 8 heteroatoms. The molecule has 208 valence electrons. The van der Waals surface area contributed by atoms with E-state index in [-0.39, 0.29) is 36.2 Å². The molecule has 0 spiro atoms. The first-order valence-corrected chi connectivity index (χ1v) is 14.0. The Bertz CT molecular complexity index is 1350. The number of halogens is 2. The minimum absolute atomic E-state index is 0.0768. The third-order valence-corrected chi connectivity index (χ3v) is 7.28. The van der Waals surface area contributed by atoms with Gasteiger partial charge in [-0.1, -0.05) is 84.4 Å². The van der Waals surface area contributed by atoms with Crippen LogP contribution in [0.25, 0.3) is 0 Å².